The van der Waals surface area contributed by atoms with Crippen LogP contribution in [0.25, 0.3) is 22.8 Å². The van der Waals surface area contributed by atoms with Gasteiger partial charge in [0.05, 0.1) is 11.4 Å². The van der Waals surface area contributed by atoms with Crippen LogP contribution in [0.3, 0.4) is 0 Å². The highest BCUT2D eigenvalue weighted by molar-refractivity contribution is 6.62. The van der Waals surface area contributed by atoms with Gasteiger partial charge in [0.2, 0.25) is 0 Å². The van der Waals surface area contributed by atoms with E-state index in [1.807, 2.05) is 85.5 Å². The van der Waals surface area contributed by atoms with E-state index in [1.165, 1.54) is 0 Å². The van der Waals surface area contributed by atoms with Crippen LogP contribution in [-0.2, 0) is 0 Å². The molecule has 6 aromatic rings. The number of nitrogens with zero attached hydrogens (tertiary/aromatic N) is 6. The van der Waals surface area contributed by atoms with Crippen LogP contribution in [0.1, 0.15) is 0 Å². The summed E-state index contributed by atoms with van der Waals surface area (Å²) in [7, 11) is -0.617. The molecule has 0 aliphatic carbocycles. The minimum atomic E-state index is -0.308. The highest BCUT2D eigenvalue weighted by atomic mass is 16.5. The predicted molar refractivity (Wildman–Crippen MR) is 156 cm³/mol. The largest absolute Gasteiger partial charge is 0.629 e. The number of ether oxygens (including phenoxy) is 1. The number of hydrogen-bond donors (Lipinski definition) is 0. The lowest BCUT2D eigenvalue weighted by atomic mass is 9.89. The summed E-state index contributed by atoms with van der Waals surface area (Å²) < 4.78 is 23.2. The number of hydrogen-bond acceptors (Lipinski definition) is 7. The summed E-state index contributed by atoms with van der Waals surface area (Å²) in [5.74, 6) is 4.82. The normalized spacial score (nSPS) is 14.5. The Kier molecular flexibility index (Phi) is 3.91. The molecule has 0 fully saturated rings. The quantitative estimate of drug-likeness (QED) is 0.255. The molecule has 0 bridgehead atoms. The van der Waals surface area contributed by atoms with Gasteiger partial charge < -0.3 is 32.6 Å². The van der Waals surface area contributed by atoms with E-state index in [1.54, 1.807) is 0 Å². The molecular formula is C30H18B2N6O3. The van der Waals surface area contributed by atoms with E-state index in [9.17, 15) is 0 Å². The van der Waals surface area contributed by atoms with Crippen LogP contribution in [-0.4, -0.2) is 33.3 Å². The van der Waals surface area contributed by atoms with E-state index in [-0.39, 0.29) is 14.4 Å². The van der Waals surface area contributed by atoms with E-state index in [2.05, 4.69) is 52.8 Å². The molecule has 4 aliphatic heterocycles. The van der Waals surface area contributed by atoms with Gasteiger partial charge in [0.25, 0.3) is 0 Å². The molecule has 0 amide bonds. The summed E-state index contributed by atoms with van der Waals surface area (Å²) in [4.78, 5) is 13.7. The first kappa shape index (κ1) is 21.3. The van der Waals surface area contributed by atoms with Crippen LogP contribution in [0, 0.1) is 0 Å². The van der Waals surface area contributed by atoms with Crippen LogP contribution >= 0.6 is 0 Å². The van der Waals surface area contributed by atoms with Gasteiger partial charge in [0, 0.05) is 47.3 Å². The fourth-order valence-electron chi connectivity index (χ4n) is 6.41. The second-order valence-electron chi connectivity index (χ2n) is 10.3. The summed E-state index contributed by atoms with van der Waals surface area (Å²) in [6.07, 6.45) is 7.52. The van der Waals surface area contributed by atoms with E-state index in [0.717, 1.165) is 68.5 Å². The van der Waals surface area contributed by atoms with E-state index >= 15 is 0 Å². The lowest BCUT2D eigenvalue weighted by Gasteiger charge is -2.30. The Hall–Kier alpha value is -5.57. The van der Waals surface area contributed by atoms with Gasteiger partial charge in [0.15, 0.2) is 0 Å². The Balaban J connectivity index is 1.05. The van der Waals surface area contributed by atoms with Crippen molar-refractivity contribution in [1.82, 2.24) is 18.9 Å². The van der Waals surface area contributed by atoms with Gasteiger partial charge in [-0.1, -0.05) is 24.3 Å². The van der Waals surface area contributed by atoms with Crippen molar-refractivity contribution in [1.29, 1.82) is 0 Å². The minimum Gasteiger partial charge on any atom is -0.521 e. The van der Waals surface area contributed by atoms with Crippen LogP contribution in [0.15, 0.2) is 110 Å². The van der Waals surface area contributed by atoms with Gasteiger partial charge in [-0.2, -0.15) is 0 Å². The number of aromatic nitrogens is 4. The van der Waals surface area contributed by atoms with E-state index in [4.69, 9.17) is 14.0 Å². The first-order valence-corrected chi connectivity index (χ1v) is 13.4. The highest BCUT2D eigenvalue weighted by Gasteiger charge is 2.47. The number of fused-ring (bicyclic) bond motifs is 16. The summed E-state index contributed by atoms with van der Waals surface area (Å²) >= 11 is 0. The topological polar surface area (TPSA) is 69.8 Å². The molecule has 0 radical (unpaired) electrons. The van der Waals surface area contributed by atoms with Crippen LogP contribution in [0.4, 0.5) is 22.7 Å². The van der Waals surface area contributed by atoms with Crippen molar-refractivity contribution in [3.05, 3.63) is 110 Å². The molecule has 9 nitrogen and oxygen atoms in total. The van der Waals surface area contributed by atoms with Gasteiger partial charge in [0.1, 0.15) is 34.6 Å². The molecule has 0 N–H and O–H groups in total. The maximum absolute atomic E-state index is 6.48. The van der Waals surface area contributed by atoms with Gasteiger partial charge >= 0.3 is 14.4 Å². The second-order valence-corrected chi connectivity index (χ2v) is 10.3. The Morgan fingerprint density at radius 3 is 1.56 bits per heavy atom. The molecule has 0 saturated heterocycles. The summed E-state index contributed by atoms with van der Waals surface area (Å²) in [5, 5.41) is 0. The van der Waals surface area contributed by atoms with Gasteiger partial charge in [-0.05, 0) is 60.7 Å². The van der Waals surface area contributed by atoms with Crippen LogP contribution < -0.4 is 23.7 Å². The Morgan fingerprint density at radius 1 is 0.561 bits per heavy atom. The number of benzene rings is 4. The molecular weight excluding hydrogens is 514 g/mol. The second kappa shape index (κ2) is 7.54. The van der Waals surface area contributed by atoms with Gasteiger partial charge in [-0.25, -0.2) is 9.97 Å². The monoisotopic (exact) mass is 532 g/mol. The molecule has 2 aromatic heterocycles. The molecule has 4 aliphatic rings. The average Bonchev–Trinajstić information content (AvgIpc) is 3.80. The third kappa shape index (κ3) is 2.77. The molecule has 10 rings (SSSR count). The highest BCUT2D eigenvalue weighted by Crippen LogP contribution is 2.50. The van der Waals surface area contributed by atoms with Crippen LogP contribution in [0.5, 0.6) is 23.0 Å². The van der Waals surface area contributed by atoms with Crippen molar-refractivity contribution >= 4 is 37.1 Å². The minimum absolute atomic E-state index is 0.308. The Bertz CT molecular complexity index is 1910. The zero-order chi connectivity index (χ0) is 26.7. The third-order valence-corrected chi connectivity index (χ3v) is 8.14. The third-order valence-electron chi connectivity index (χ3n) is 8.14. The zero-order valence-corrected chi connectivity index (χ0v) is 21.5. The summed E-state index contributed by atoms with van der Waals surface area (Å²) in [6, 6.07) is 28.4. The maximum atomic E-state index is 6.48. The maximum Gasteiger partial charge on any atom is 0.629 e. The van der Waals surface area contributed by atoms with Crippen molar-refractivity contribution in [2.24, 2.45) is 0 Å². The smallest absolute Gasteiger partial charge is 0.521 e. The average molecular weight is 532 g/mol. The number of para-hydroxylation sites is 4. The van der Waals surface area contributed by atoms with Gasteiger partial charge in [-0.15, -0.1) is 0 Å². The van der Waals surface area contributed by atoms with Crippen molar-refractivity contribution in [2.45, 2.75) is 0 Å². The van der Waals surface area contributed by atoms with Crippen molar-refractivity contribution in [3.8, 4) is 45.8 Å². The molecule has 4 aromatic carbocycles. The molecule has 192 valence electrons. The molecule has 0 spiro atoms. The molecule has 0 saturated carbocycles. The number of imidazole rings is 2. The zero-order valence-electron chi connectivity index (χ0n) is 21.5. The standard InChI is InChI=1S/C30H18B2N6O3/c1-3-7-27-25(5-1)37-23-11-9-19(17-21(23)29-33-13-15-35(29)31(37)40-27)39-20-10-12-24-22(18-20)30-34-14-16-36(30)32-38(24)26-6-2-4-8-28(26)41-32/h1-18H. The number of rotatable bonds is 2. The van der Waals surface area contributed by atoms with Gasteiger partial charge in [-0.3, -0.25) is 0 Å². The molecule has 11 heteroatoms. The first-order chi connectivity index (χ1) is 20.3. The van der Waals surface area contributed by atoms with Crippen LogP contribution in [0.2, 0.25) is 0 Å². The lowest BCUT2D eigenvalue weighted by Crippen LogP contribution is -2.46. The summed E-state index contributed by atoms with van der Waals surface area (Å²) in [6.45, 7) is 0. The van der Waals surface area contributed by atoms with Crippen molar-refractivity contribution in [2.75, 3.05) is 9.62 Å². The first-order valence-electron chi connectivity index (χ1n) is 13.4. The summed E-state index contributed by atoms with van der Waals surface area (Å²) in [5.41, 5.74) is 6.07. The van der Waals surface area contributed by atoms with Crippen molar-refractivity contribution < 1.29 is 14.0 Å². The van der Waals surface area contributed by atoms with Crippen molar-refractivity contribution in [3.63, 3.8) is 0 Å². The number of anilines is 4. The Morgan fingerprint density at radius 2 is 1.05 bits per heavy atom. The SMILES string of the molecule is c1ccc2c(c1)OB1N2c2ccc(Oc3ccc4c(c3)-c3nccn3B3Oc5ccccc5N34)cc2-c2nccn21. The van der Waals surface area contributed by atoms with E-state index in [0.29, 0.717) is 0 Å². The lowest BCUT2D eigenvalue weighted by molar-refractivity contribution is 0.483. The molecule has 0 unspecified atom stereocenters. The molecule has 6 heterocycles. The fourth-order valence-corrected chi connectivity index (χ4v) is 6.41. The fraction of sp³-hybridized carbons (Fsp3) is 0. The Labute approximate surface area is 235 Å². The molecule has 0 atom stereocenters. The molecule has 41 heavy (non-hydrogen) atoms. The van der Waals surface area contributed by atoms with E-state index < -0.39 is 0 Å². The predicted octanol–water partition coefficient (Wildman–Crippen LogP) is 5.96.